The van der Waals surface area contributed by atoms with Crippen molar-refractivity contribution < 1.29 is 9.50 Å². The molecule has 3 N–H and O–H groups in total. The lowest BCUT2D eigenvalue weighted by Crippen LogP contribution is -2.45. The van der Waals surface area contributed by atoms with Gasteiger partial charge in [-0.3, -0.25) is 0 Å². The molecule has 0 saturated carbocycles. The summed E-state index contributed by atoms with van der Waals surface area (Å²) in [6.45, 7) is 4.71. The normalized spacial score (nSPS) is 19.3. The van der Waals surface area contributed by atoms with Crippen LogP contribution < -0.4 is 15.5 Å². The van der Waals surface area contributed by atoms with Gasteiger partial charge in [-0.1, -0.05) is 13.8 Å². The number of anilines is 4. The fraction of sp³-hybridized carbons (Fsp3) is 0.450. The zero-order valence-corrected chi connectivity index (χ0v) is 17.2. The van der Waals surface area contributed by atoms with Gasteiger partial charge in [-0.2, -0.15) is 10.1 Å². The highest BCUT2D eigenvalue weighted by atomic mass is 19.1. The number of aliphatic hydroxyl groups is 1. The first kappa shape index (κ1) is 20.1. The number of hydrogen-bond acceptors (Lipinski definition) is 9. The Morgan fingerprint density at radius 2 is 2.03 bits per heavy atom. The molecule has 0 unspecified atom stereocenters. The molecule has 2 atom stereocenters. The Bertz CT molecular complexity index is 1050. The van der Waals surface area contributed by atoms with Gasteiger partial charge >= 0.3 is 0 Å². The zero-order chi connectivity index (χ0) is 21.3. The number of aliphatic hydroxyl groups excluding tert-OH is 1. The van der Waals surface area contributed by atoms with E-state index in [-0.39, 0.29) is 12.5 Å². The number of piperidine rings is 1. The van der Waals surface area contributed by atoms with Gasteiger partial charge in [-0.05, 0) is 24.5 Å². The number of rotatable bonds is 5. The quantitative estimate of drug-likeness (QED) is 0.582. The van der Waals surface area contributed by atoms with Gasteiger partial charge in [0.1, 0.15) is 17.8 Å². The molecule has 9 nitrogen and oxygen atoms in total. The maximum atomic E-state index is 13.9. The van der Waals surface area contributed by atoms with Crippen molar-refractivity contribution in [3.05, 3.63) is 30.2 Å². The molecule has 0 radical (unpaired) electrons. The molecule has 1 saturated heterocycles. The second-order valence-corrected chi connectivity index (χ2v) is 7.64. The van der Waals surface area contributed by atoms with Crippen LogP contribution in [-0.4, -0.2) is 62.7 Å². The van der Waals surface area contributed by atoms with Crippen molar-refractivity contribution in [2.75, 3.05) is 35.7 Å². The number of nitrogens with zero attached hydrogens (tertiary/aromatic N) is 6. The Morgan fingerprint density at radius 1 is 1.20 bits per heavy atom. The van der Waals surface area contributed by atoms with Crippen molar-refractivity contribution in [2.24, 2.45) is 0 Å². The van der Waals surface area contributed by atoms with Gasteiger partial charge in [0.2, 0.25) is 5.95 Å². The highest BCUT2D eigenvalue weighted by molar-refractivity contribution is 5.94. The molecule has 3 aromatic rings. The maximum absolute atomic E-state index is 13.9. The second kappa shape index (κ2) is 8.31. The van der Waals surface area contributed by atoms with Gasteiger partial charge in [-0.15, -0.1) is 5.10 Å². The van der Waals surface area contributed by atoms with Crippen LogP contribution in [0.1, 0.15) is 31.9 Å². The number of aromatic nitrogens is 5. The average Bonchev–Trinajstić information content (AvgIpc) is 2.74. The molecule has 3 aromatic heterocycles. The van der Waals surface area contributed by atoms with Crippen LogP contribution in [0.2, 0.25) is 0 Å². The molecule has 0 aromatic carbocycles. The summed E-state index contributed by atoms with van der Waals surface area (Å²) in [5.41, 5.74) is 0.888. The van der Waals surface area contributed by atoms with E-state index in [1.165, 1.54) is 0 Å². The van der Waals surface area contributed by atoms with Gasteiger partial charge in [0.15, 0.2) is 5.82 Å². The molecule has 1 fully saturated rings. The summed E-state index contributed by atoms with van der Waals surface area (Å²) in [4.78, 5) is 15.0. The van der Waals surface area contributed by atoms with Gasteiger partial charge < -0.3 is 20.6 Å². The molecule has 30 heavy (non-hydrogen) atoms. The maximum Gasteiger partial charge on any atom is 0.227 e. The Hall–Kier alpha value is -3.14. The van der Waals surface area contributed by atoms with Crippen molar-refractivity contribution in [1.82, 2.24) is 25.1 Å². The Balaban J connectivity index is 1.62. The SMILES string of the molecule is CNc1nnc(C(C)C)c2cc(Nc3ccnc(N4CC[C@@H](O)[C@@H](F)C4)n3)ncc12. The molecule has 158 valence electrons. The molecule has 0 spiro atoms. The summed E-state index contributed by atoms with van der Waals surface area (Å²) in [7, 11) is 1.80. The highest BCUT2D eigenvalue weighted by Gasteiger charge is 2.28. The van der Waals surface area contributed by atoms with Crippen LogP contribution in [0.3, 0.4) is 0 Å². The van der Waals surface area contributed by atoms with E-state index in [0.717, 1.165) is 16.5 Å². The number of fused-ring (bicyclic) bond motifs is 1. The predicted octanol–water partition coefficient (Wildman–Crippen LogP) is 2.63. The smallest absolute Gasteiger partial charge is 0.227 e. The van der Waals surface area contributed by atoms with Crippen LogP contribution in [0, 0.1) is 0 Å². The van der Waals surface area contributed by atoms with Crippen molar-refractivity contribution in [3.63, 3.8) is 0 Å². The molecule has 0 aliphatic carbocycles. The molecule has 1 aliphatic heterocycles. The lowest BCUT2D eigenvalue weighted by atomic mass is 10.0. The number of hydrogen-bond donors (Lipinski definition) is 3. The lowest BCUT2D eigenvalue weighted by Gasteiger charge is -2.32. The first-order chi connectivity index (χ1) is 14.5. The summed E-state index contributed by atoms with van der Waals surface area (Å²) in [6.07, 6.45) is 1.49. The Kier molecular flexibility index (Phi) is 5.58. The number of halogens is 1. The van der Waals surface area contributed by atoms with Crippen molar-refractivity contribution in [3.8, 4) is 0 Å². The fourth-order valence-electron chi connectivity index (χ4n) is 3.52. The van der Waals surface area contributed by atoms with Crippen molar-refractivity contribution in [2.45, 2.75) is 38.5 Å². The fourth-order valence-corrected chi connectivity index (χ4v) is 3.52. The van der Waals surface area contributed by atoms with E-state index in [4.69, 9.17) is 0 Å². The van der Waals surface area contributed by atoms with E-state index in [1.807, 2.05) is 6.07 Å². The van der Waals surface area contributed by atoms with Crippen LogP contribution in [-0.2, 0) is 0 Å². The summed E-state index contributed by atoms with van der Waals surface area (Å²) < 4.78 is 13.9. The minimum absolute atomic E-state index is 0.0715. The summed E-state index contributed by atoms with van der Waals surface area (Å²) in [5, 5.41) is 26.3. The molecule has 10 heteroatoms. The van der Waals surface area contributed by atoms with Gasteiger partial charge in [0, 0.05) is 36.8 Å². The molecule has 1 aliphatic rings. The van der Waals surface area contributed by atoms with Gasteiger partial charge in [-0.25, -0.2) is 14.4 Å². The first-order valence-corrected chi connectivity index (χ1v) is 9.97. The largest absolute Gasteiger partial charge is 0.390 e. The number of pyridine rings is 1. The Labute approximate surface area is 173 Å². The van der Waals surface area contributed by atoms with Crippen LogP contribution in [0.4, 0.5) is 27.8 Å². The van der Waals surface area contributed by atoms with Crippen molar-refractivity contribution >= 4 is 34.2 Å². The molecular formula is C20H25FN8O. The van der Waals surface area contributed by atoms with Crippen molar-refractivity contribution in [1.29, 1.82) is 0 Å². The van der Waals surface area contributed by atoms with E-state index in [9.17, 15) is 9.50 Å². The van der Waals surface area contributed by atoms with E-state index < -0.39 is 12.3 Å². The zero-order valence-electron chi connectivity index (χ0n) is 17.2. The minimum atomic E-state index is -1.31. The summed E-state index contributed by atoms with van der Waals surface area (Å²) in [6, 6.07) is 3.66. The molecule has 0 bridgehead atoms. The molecule has 0 amide bonds. The van der Waals surface area contributed by atoms with Crippen LogP contribution in [0.25, 0.3) is 10.8 Å². The topological polar surface area (TPSA) is 112 Å². The molecule has 4 rings (SSSR count). The number of alkyl halides is 1. The third kappa shape index (κ3) is 3.95. The molecule has 4 heterocycles. The minimum Gasteiger partial charge on any atom is -0.390 e. The monoisotopic (exact) mass is 412 g/mol. The van der Waals surface area contributed by atoms with Crippen LogP contribution in [0.5, 0.6) is 0 Å². The average molecular weight is 412 g/mol. The first-order valence-electron chi connectivity index (χ1n) is 9.97. The second-order valence-electron chi connectivity index (χ2n) is 7.64. The lowest BCUT2D eigenvalue weighted by molar-refractivity contribution is 0.0612. The summed E-state index contributed by atoms with van der Waals surface area (Å²) >= 11 is 0. The van der Waals surface area contributed by atoms with E-state index in [1.54, 1.807) is 30.4 Å². The predicted molar refractivity (Wildman–Crippen MR) is 114 cm³/mol. The van der Waals surface area contributed by atoms with E-state index >= 15 is 0 Å². The van der Waals surface area contributed by atoms with Gasteiger partial charge in [0.05, 0.1) is 18.3 Å². The van der Waals surface area contributed by atoms with E-state index in [0.29, 0.717) is 36.4 Å². The van der Waals surface area contributed by atoms with Crippen LogP contribution in [0.15, 0.2) is 24.5 Å². The van der Waals surface area contributed by atoms with E-state index in [2.05, 4.69) is 49.6 Å². The standard InChI is InChI=1S/C20H25FN8O/c1-11(2)18-12-8-17(24-9-13(12)19(22-3)28-27-18)25-16-4-6-23-20(26-16)29-7-5-15(30)14(21)10-29/h4,6,8-9,11,14-15,30H,5,7,10H2,1-3H3,(H,22,28)(H,23,24,25,26)/t14-,15+/m0/s1. The van der Waals surface area contributed by atoms with Crippen LogP contribution >= 0.6 is 0 Å². The highest BCUT2D eigenvalue weighted by Crippen LogP contribution is 2.29. The van der Waals surface area contributed by atoms with Gasteiger partial charge in [0.25, 0.3) is 0 Å². The third-order valence-corrected chi connectivity index (χ3v) is 5.17. The number of nitrogens with one attached hydrogen (secondary N) is 2. The summed E-state index contributed by atoms with van der Waals surface area (Å²) in [5.74, 6) is 2.46. The molecular weight excluding hydrogens is 387 g/mol. The Morgan fingerprint density at radius 3 is 2.77 bits per heavy atom. The third-order valence-electron chi connectivity index (χ3n) is 5.17.